The van der Waals surface area contributed by atoms with Crippen molar-refractivity contribution in [2.45, 2.75) is 251 Å². The maximum atomic E-state index is 12.3. The van der Waals surface area contributed by atoms with E-state index in [4.69, 9.17) is 9.47 Å². The summed E-state index contributed by atoms with van der Waals surface area (Å²) < 4.78 is 10.7. The topological polar surface area (TPSA) is 72.8 Å². The molecule has 0 rings (SSSR count). The highest BCUT2D eigenvalue weighted by atomic mass is 16.6. The summed E-state index contributed by atoms with van der Waals surface area (Å²) in [5.74, 6) is -0.669. The predicted molar refractivity (Wildman–Crippen MR) is 343 cm³/mol. The molecule has 1 N–H and O–H groups in total. The van der Waals surface area contributed by atoms with Gasteiger partial charge in [0.25, 0.3) is 0 Å². The summed E-state index contributed by atoms with van der Waals surface area (Å²) in [5, 5.41) is 9.66. The fraction of sp³-hybridized carbons (Fsp3) is 0.562. The maximum Gasteiger partial charge on any atom is 0.306 e. The Kier molecular flexibility index (Phi) is 62.0. The fourth-order valence-corrected chi connectivity index (χ4v) is 8.09. The molecule has 0 aromatic rings. The molecule has 0 fully saturated rings. The number of unbranched alkanes of at least 4 members (excludes halogenated alkanes) is 17. The van der Waals surface area contributed by atoms with Gasteiger partial charge in [0.2, 0.25) is 0 Å². The summed E-state index contributed by atoms with van der Waals surface area (Å²) in [7, 11) is 0. The molecular formula is C73H114O5. The molecule has 0 amide bonds. The van der Waals surface area contributed by atoms with Gasteiger partial charge in [0.05, 0.1) is 6.61 Å². The number of aliphatic hydroxyl groups is 1. The van der Waals surface area contributed by atoms with Gasteiger partial charge >= 0.3 is 11.9 Å². The Morgan fingerprint density at radius 3 is 0.808 bits per heavy atom. The predicted octanol–water partition coefficient (Wildman–Crippen LogP) is 21.9. The van der Waals surface area contributed by atoms with Crippen molar-refractivity contribution in [1.29, 1.82) is 0 Å². The van der Waals surface area contributed by atoms with Crippen LogP contribution in [0.2, 0.25) is 0 Å². The van der Waals surface area contributed by atoms with Gasteiger partial charge in [0.15, 0.2) is 6.10 Å². The number of esters is 2. The van der Waals surface area contributed by atoms with E-state index in [-0.39, 0.29) is 25.2 Å². The fourth-order valence-electron chi connectivity index (χ4n) is 8.09. The molecule has 0 aromatic heterocycles. The van der Waals surface area contributed by atoms with E-state index in [0.717, 1.165) is 122 Å². The second-order valence-electron chi connectivity index (χ2n) is 20.0. The molecular weight excluding hydrogens is 957 g/mol. The van der Waals surface area contributed by atoms with E-state index in [1.165, 1.54) is 89.9 Å². The van der Waals surface area contributed by atoms with Gasteiger partial charge in [-0.1, -0.05) is 286 Å². The number of hydrogen-bond acceptors (Lipinski definition) is 5. The second kappa shape index (κ2) is 66.3. The first-order chi connectivity index (χ1) is 38.6. The molecule has 0 saturated carbocycles. The van der Waals surface area contributed by atoms with E-state index >= 15 is 0 Å². The average molecular weight is 1070 g/mol. The maximum absolute atomic E-state index is 12.3. The van der Waals surface area contributed by atoms with E-state index in [1.54, 1.807) is 0 Å². The molecule has 5 heteroatoms. The van der Waals surface area contributed by atoms with Crippen LogP contribution in [-0.4, -0.2) is 36.4 Å². The van der Waals surface area contributed by atoms with Gasteiger partial charge in [-0.15, -0.1) is 0 Å². The van der Waals surface area contributed by atoms with Crippen LogP contribution in [0.1, 0.15) is 245 Å². The monoisotopic (exact) mass is 1070 g/mol. The third-order valence-corrected chi connectivity index (χ3v) is 12.7. The first-order valence-electron chi connectivity index (χ1n) is 31.3. The van der Waals surface area contributed by atoms with Crippen molar-refractivity contribution < 1.29 is 24.2 Å². The SMILES string of the molecule is CC/C=C\C/C=C\C/C=C\C/C=C\C/C=C\C/C=C\C/C=C\C/C=C\CCCCCCCCCCCCCCCCCCC(=O)OC(CO)COC(=O)CCC/C=C\C/C=C\C/C=C\C/C=C\C/C=C\C/C=C\C/C=C\CC. The molecule has 0 aromatic carbocycles. The lowest BCUT2D eigenvalue weighted by Crippen LogP contribution is -2.28. The third-order valence-electron chi connectivity index (χ3n) is 12.7. The summed E-state index contributed by atoms with van der Waals surface area (Å²) in [5.41, 5.74) is 0. The number of aliphatic hydroxyl groups excluding tert-OH is 1. The lowest BCUT2D eigenvalue weighted by Gasteiger charge is -2.15. The van der Waals surface area contributed by atoms with Gasteiger partial charge in [-0.3, -0.25) is 9.59 Å². The van der Waals surface area contributed by atoms with Crippen LogP contribution in [0.5, 0.6) is 0 Å². The summed E-state index contributed by atoms with van der Waals surface area (Å²) in [6.07, 6.45) is 105. The smallest absolute Gasteiger partial charge is 0.306 e. The molecule has 0 bridgehead atoms. The summed E-state index contributed by atoms with van der Waals surface area (Å²) in [6.45, 7) is 3.86. The van der Waals surface area contributed by atoms with Crippen LogP contribution in [0, 0.1) is 0 Å². The molecule has 5 nitrogen and oxygen atoms in total. The molecule has 0 radical (unpaired) electrons. The largest absolute Gasteiger partial charge is 0.462 e. The first-order valence-corrected chi connectivity index (χ1v) is 31.3. The minimum Gasteiger partial charge on any atom is -0.462 e. The second-order valence-corrected chi connectivity index (χ2v) is 20.0. The van der Waals surface area contributed by atoms with Crippen LogP contribution in [0.25, 0.3) is 0 Å². The zero-order chi connectivity index (χ0) is 56.2. The Balaban J connectivity index is 3.59. The van der Waals surface area contributed by atoms with Crippen LogP contribution >= 0.6 is 0 Å². The Hall–Kier alpha value is -5.00. The minimum atomic E-state index is -0.809. The molecule has 0 aliphatic rings. The number of rotatable bonds is 55. The highest BCUT2D eigenvalue weighted by molar-refractivity contribution is 5.70. The van der Waals surface area contributed by atoms with Gasteiger partial charge < -0.3 is 14.6 Å². The Bertz CT molecular complexity index is 1780. The van der Waals surface area contributed by atoms with Crippen molar-refractivity contribution in [3.8, 4) is 0 Å². The van der Waals surface area contributed by atoms with Crippen LogP contribution in [0.15, 0.2) is 182 Å². The Morgan fingerprint density at radius 1 is 0.295 bits per heavy atom. The molecule has 78 heavy (non-hydrogen) atoms. The molecule has 1 atom stereocenters. The molecule has 0 spiro atoms. The van der Waals surface area contributed by atoms with Crippen molar-refractivity contribution >= 4 is 11.9 Å². The number of carbonyl (C=O) groups excluding carboxylic acids is 2. The highest BCUT2D eigenvalue weighted by Gasteiger charge is 2.16. The zero-order valence-electron chi connectivity index (χ0n) is 49.8. The van der Waals surface area contributed by atoms with E-state index in [9.17, 15) is 14.7 Å². The quantitative estimate of drug-likeness (QED) is 0.0373. The zero-order valence-corrected chi connectivity index (χ0v) is 49.8. The van der Waals surface area contributed by atoms with E-state index in [2.05, 4.69) is 196 Å². The normalized spacial score (nSPS) is 13.5. The van der Waals surface area contributed by atoms with Crippen LogP contribution < -0.4 is 0 Å². The van der Waals surface area contributed by atoms with Crippen molar-refractivity contribution in [3.63, 3.8) is 0 Å². The third kappa shape index (κ3) is 63.5. The van der Waals surface area contributed by atoms with Gasteiger partial charge in [0, 0.05) is 12.8 Å². The van der Waals surface area contributed by atoms with Gasteiger partial charge in [0.1, 0.15) is 6.61 Å². The average Bonchev–Trinajstić information content (AvgIpc) is 3.44. The summed E-state index contributed by atoms with van der Waals surface area (Å²) in [6, 6.07) is 0. The molecule has 1 unspecified atom stereocenters. The van der Waals surface area contributed by atoms with Gasteiger partial charge in [-0.05, 0) is 128 Å². The Morgan fingerprint density at radius 2 is 0.526 bits per heavy atom. The summed E-state index contributed by atoms with van der Waals surface area (Å²) in [4.78, 5) is 24.5. The van der Waals surface area contributed by atoms with E-state index < -0.39 is 6.10 Å². The van der Waals surface area contributed by atoms with Gasteiger partial charge in [-0.25, -0.2) is 0 Å². The van der Waals surface area contributed by atoms with Crippen molar-refractivity contribution in [3.05, 3.63) is 182 Å². The molecule has 0 aliphatic carbocycles. The molecule has 0 saturated heterocycles. The van der Waals surface area contributed by atoms with E-state index in [0.29, 0.717) is 19.3 Å². The van der Waals surface area contributed by atoms with Crippen LogP contribution in [0.4, 0.5) is 0 Å². The number of allylic oxidation sites excluding steroid dienone is 30. The first kappa shape index (κ1) is 73.0. The van der Waals surface area contributed by atoms with Crippen molar-refractivity contribution in [2.75, 3.05) is 13.2 Å². The van der Waals surface area contributed by atoms with E-state index in [1.807, 2.05) is 0 Å². The number of ether oxygens (including phenoxy) is 2. The molecule has 0 aliphatic heterocycles. The summed E-state index contributed by atoms with van der Waals surface area (Å²) >= 11 is 0. The standard InChI is InChI=1S/C73H114O5/c1-3-5-7-9-11-13-15-17-19-21-23-25-27-28-29-30-31-32-33-34-35-36-37-38-39-40-41-42-43-44-46-48-50-52-54-56-58-60-62-64-66-68-73(76)78-71(69-74)70-77-72(75)67-65-63-61-59-57-55-53-51-49-47-45-26-24-22-20-18-16-14-12-10-8-6-4-2/h5-8,11-14,17-20,23-26,28-29,31-32,34-35,37-38,47,49,53,55,59,61,71,74H,3-4,9-10,15-16,21-22,27,30,33,36,39-46,48,50-52,54,56-58,60,62-70H2,1-2H3/b7-5-,8-6-,13-11-,14-12-,19-17-,20-18-,25-23-,26-24-,29-28-,32-31-,35-34-,38-37-,49-47-,55-53-,61-59-. The number of carbonyl (C=O) groups is 2. The van der Waals surface area contributed by atoms with Crippen molar-refractivity contribution in [2.24, 2.45) is 0 Å². The number of hydrogen-bond donors (Lipinski definition) is 1. The van der Waals surface area contributed by atoms with Crippen molar-refractivity contribution in [1.82, 2.24) is 0 Å². The molecule has 436 valence electrons. The Labute approximate surface area is 480 Å². The molecule has 0 heterocycles. The lowest BCUT2D eigenvalue weighted by atomic mass is 10.0. The minimum absolute atomic E-state index is 0.106. The highest BCUT2D eigenvalue weighted by Crippen LogP contribution is 2.15. The lowest BCUT2D eigenvalue weighted by molar-refractivity contribution is -0.161. The van der Waals surface area contributed by atoms with Crippen LogP contribution in [0.3, 0.4) is 0 Å². The van der Waals surface area contributed by atoms with Gasteiger partial charge in [-0.2, -0.15) is 0 Å². The van der Waals surface area contributed by atoms with Crippen LogP contribution in [-0.2, 0) is 19.1 Å².